The first-order valence-corrected chi connectivity index (χ1v) is 7.59. The van der Waals surface area contributed by atoms with E-state index in [2.05, 4.69) is 5.32 Å². The normalized spacial score (nSPS) is 11.3. The molecule has 0 saturated carbocycles. The number of sulfonamides is 1. The van der Waals surface area contributed by atoms with Gasteiger partial charge in [-0.1, -0.05) is 30.3 Å². The van der Waals surface area contributed by atoms with E-state index >= 15 is 0 Å². The average Bonchev–Trinajstić information content (AvgIpc) is 2.41. The second-order valence-electron chi connectivity index (χ2n) is 4.23. The Bertz CT molecular complexity index is 699. The van der Waals surface area contributed by atoms with Gasteiger partial charge >= 0.3 is 0 Å². The van der Waals surface area contributed by atoms with Crippen LogP contribution in [0.4, 0.5) is 0 Å². The number of hydrogen-bond acceptors (Lipinski definition) is 4. The lowest BCUT2D eigenvalue weighted by atomic mass is 10.2. The molecular formula is C14H16N2O3S. The summed E-state index contributed by atoms with van der Waals surface area (Å²) >= 11 is 0. The van der Waals surface area contributed by atoms with Gasteiger partial charge in [0.2, 0.25) is 10.0 Å². The fourth-order valence-electron chi connectivity index (χ4n) is 1.83. The van der Waals surface area contributed by atoms with Crippen LogP contribution < -0.4 is 15.2 Å². The molecular weight excluding hydrogens is 276 g/mol. The average molecular weight is 292 g/mol. The molecule has 0 unspecified atom stereocenters. The number of primary sulfonamides is 1. The molecule has 2 aromatic carbocycles. The largest absolute Gasteiger partial charge is 0.456 e. The summed E-state index contributed by atoms with van der Waals surface area (Å²) in [5, 5.41) is 8.22. The van der Waals surface area contributed by atoms with Crippen molar-refractivity contribution in [3.8, 4) is 11.5 Å². The van der Waals surface area contributed by atoms with Gasteiger partial charge in [-0.3, -0.25) is 0 Å². The molecule has 106 valence electrons. The van der Waals surface area contributed by atoms with Gasteiger partial charge in [0.25, 0.3) is 0 Å². The van der Waals surface area contributed by atoms with E-state index in [1.54, 1.807) is 24.3 Å². The van der Waals surface area contributed by atoms with Crippen LogP contribution in [0.1, 0.15) is 5.56 Å². The molecule has 0 radical (unpaired) electrons. The van der Waals surface area contributed by atoms with Crippen LogP contribution in [-0.4, -0.2) is 15.5 Å². The van der Waals surface area contributed by atoms with Crippen molar-refractivity contribution in [2.75, 3.05) is 7.05 Å². The van der Waals surface area contributed by atoms with Crippen LogP contribution in [0.25, 0.3) is 0 Å². The minimum absolute atomic E-state index is 0.0285. The smallest absolute Gasteiger partial charge is 0.241 e. The highest BCUT2D eigenvalue weighted by Gasteiger charge is 2.15. The van der Waals surface area contributed by atoms with Crippen molar-refractivity contribution < 1.29 is 13.2 Å². The third kappa shape index (κ3) is 3.36. The van der Waals surface area contributed by atoms with Crippen molar-refractivity contribution in [3.63, 3.8) is 0 Å². The molecule has 0 aliphatic carbocycles. The monoisotopic (exact) mass is 292 g/mol. The van der Waals surface area contributed by atoms with Gasteiger partial charge < -0.3 is 10.1 Å². The Morgan fingerprint density at radius 1 is 1.05 bits per heavy atom. The number of ether oxygens (including phenoxy) is 1. The van der Waals surface area contributed by atoms with Gasteiger partial charge in [0.1, 0.15) is 16.4 Å². The van der Waals surface area contributed by atoms with Crippen molar-refractivity contribution in [1.29, 1.82) is 0 Å². The quantitative estimate of drug-likeness (QED) is 0.881. The van der Waals surface area contributed by atoms with E-state index < -0.39 is 10.0 Å². The summed E-state index contributed by atoms with van der Waals surface area (Å²) in [5.41, 5.74) is 0.930. The number of para-hydroxylation sites is 2. The highest BCUT2D eigenvalue weighted by molar-refractivity contribution is 7.89. The van der Waals surface area contributed by atoms with Gasteiger partial charge in [-0.05, 0) is 25.2 Å². The zero-order valence-corrected chi connectivity index (χ0v) is 11.9. The van der Waals surface area contributed by atoms with Crippen LogP contribution in [0.15, 0.2) is 53.4 Å². The number of rotatable bonds is 5. The Hall–Kier alpha value is -1.89. The number of nitrogens with one attached hydrogen (secondary N) is 1. The predicted molar refractivity (Wildman–Crippen MR) is 77.1 cm³/mol. The highest BCUT2D eigenvalue weighted by Crippen LogP contribution is 2.29. The lowest BCUT2D eigenvalue weighted by molar-refractivity contribution is 0.460. The van der Waals surface area contributed by atoms with Crippen LogP contribution >= 0.6 is 0 Å². The van der Waals surface area contributed by atoms with Gasteiger partial charge in [0.05, 0.1) is 0 Å². The minimum Gasteiger partial charge on any atom is -0.456 e. The molecule has 0 heterocycles. The minimum atomic E-state index is -3.82. The third-order valence-corrected chi connectivity index (χ3v) is 3.67. The molecule has 0 aliphatic heterocycles. The van der Waals surface area contributed by atoms with E-state index in [1.807, 2.05) is 25.2 Å². The maximum Gasteiger partial charge on any atom is 0.241 e. The summed E-state index contributed by atoms with van der Waals surface area (Å²) in [5.74, 6) is 0.816. The standard InChI is InChI=1S/C14H16N2O3S/c1-16-10-11-6-2-3-7-12(11)19-13-8-4-5-9-14(13)20(15,17)18/h2-9,16H,10H2,1H3,(H2,15,17,18). The lowest BCUT2D eigenvalue weighted by Gasteiger charge is -2.13. The molecule has 0 amide bonds. The maximum atomic E-state index is 11.5. The van der Waals surface area contributed by atoms with E-state index in [9.17, 15) is 8.42 Å². The molecule has 0 saturated heterocycles. The van der Waals surface area contributed by atoms with Crippen LogP contribution in [-0.2, 0) is 16.6 Å². The number of nitrogens with two attached hydrogens (primary N) is 1. The molecule has 0 bridgehead atoms. The second-order valence-corrected chi connectivity index (χ2v) is 5.76. The summed E-state index contributed by atoms with van der Waals surface area (Å²) < 4.78 is 28.8. The van der Waals surface area contributed by atoms with Crippen molar-refractivity contribution in [3.05, 3.63) is 54.1 Å². The van der Waals surface area contributed by atoms with Crippen LogP contribution in [0.2, 0.25) is 0 Å². The summed E-state index contributed by atoms with van der Waals surface area (Å²) in [7, 11) is -1.99. The van der Waals surface area contributed by atoms with Crippen LogP contribution in [0.3, 0.4) is 0 Å². The summed E-state index contributed by atoms with van der Waals surface area (Å²) in [6, 6.07) is 13.7. The molecule has 5 nitrogen and oxygen atoms in total. The topological polar surface area (TPSA) is 81.4 Å². The van der Waals surface area contributed by atoms with Crippen molar-refractivity contribution >= 4 is 10.0 Å². The first kappa shape index (κ1) is 14.5. The Labute approximate surface area is 118 Å². The summed E-state index contributed by atoms with van der Waals surface area (Å²) in [4.78, 5) is -0.0285. The summed E-state index contributed by atoms with van der Waals surface area (Å²) in [6.07, 6.45) is 0. The Kier molecular flexibility index (Phi) is 4.39. The first-order valence-electron chi connectivity index (χ1n) is 6.04. The predicted octanol–water partition coefficient (Wildman–Crippen LogP) is 1.85. The van der Waals surface area contributed by atoms with E-state index in [4.69, 9.17) is 9.88 Å². The van der Waals surface area contributed by atoms with Gasteiger partial charge in [-0.2, -0.15) is 0 Å². The Balaban J connectivity index is 2.41. The molecule has 3 N–H and O–H groups in total. The Morgan fingerprint density at radius 2 is 1.65 bits per heavy atom. The molecule has 6 heteroatoms. The molecule has 0 aliphatic rings. The van der Waals surface area contributed by atoms with Gasteiger partial charge in [0, 0.05) is 12.1 Å². The van der Waals surface area contributed by atoms with Crippen molar-refractivity contribution in [1.82, 2.24) is 5.32 Å². The van der Waals surface area contributed by atoms with E-state index in [-0.39, 0.29) is 10.6 Å². The van der Waals surface area contributed by atoms with E-state index in [0.29, 0.717) is 12.3 Å². The Morgan fingerprint density at radius 3 is 2.30 bits per heavy atom. The number of benzene rings is 2. The molecule has 0 atom stereocenters. The van der Waals surface area contributed by atoms with Gasteiger partial charge in [-0.15, -0.1) is 0 Å². The fourth-order valence-corrected chi connectivity index (χ4v) is 2.49. The fraction of sp³-hybridized carbons (Fsp3) is 0.143. The number of hydrogen-bond donors (Lipinski definition) is 2. The molecule has 0 aromatic heterocycles. The van der Waals surface area contributed by atoms with Gasteiger partial charge in [0.15, 0.2) is 0 Å². The zero-order valence-electron chi connectivity index (χ0n) is 11.0. The van der Waals surface area contributed by atoms with Crippen LogP contribution in [0.5, 0.6) is 11.5 Å². The van der Waals surface area contributed by atoms with E-state index in [1.165, 1.54) is 6.07 Å². The van der Waals surface area contributed by atoms with Crippen LogP contribution in [0, 0.1) is 0 Å². The third-order valence-electron chi connectivity index (χ3n) is 2.72. The molecule has 20 heavy (non-hydrogen) atoms. The molecule has 2 aromatic rings. The SMILES string of the molecule is CNCc1ccccc1Oc1ccccc1S(N)(=O)=O. The highest BCUT2D eigenvalue weighted by atomic mass is 32.2. The zero-order chi connectivity index (χ0) is 14.6. The van der Waals surface area contributed by atoms with Gasteiger partial charge in [-0.25, -0.2) is 13.6 Å². The van der Waals surface area contributed by atoms with E-state index in [0.717, 1.165) is 5.56 Å². The van der Waals surface area contributed by atoms with Crippen molar-refractivity contribution in [2.24, 2.45) is 5.14 Å². The molecule has 0 fully saturated rings. The maximum absolute atomic E-state index is 11.5. The van der Waals surface area contributed by atoms with Crippen molar-refractivity contribution in [2.45, 2.75) is 11.4 Å². The summed E-state index contributed by atoms with van der Waals surface area (Å²) in [6.45, 7) is 0.619. The lowest BCUT2D eigenvalue weighted by Crippen LogP contribution is -2.13. The first-order chi connectivity index (χ1) is 9.52. The molecule has 0 spiro atoms. The second kappa shape index (κ2) is 6.04. The molecule has 2 rings (SSSR count).